The fraction of sp³-hybridized carbons (Fsp3) is 0.130. The number of fused-ring (bicyclic) bond motifs is 3. The van der Waals surface area contributed by atoms with Gasteiger partial charge in [-0.2, -0.15) is 0 Å². The molecule has 28 heavy (non-hydrogen) atoms. The number of aromatic carboxylic acids is 1. The highest BCUT2D eigenvalue weighted by Gasteiger charge is 2.30. The van der Waals surface area contributed by atoms with Gasteiger partial charge in [-0.05, 0) is 39.9 Å². The normalized spacial score (nSPS) is 13.6. The average molecular weight is 373 g/mol. The number of rotatable bonds is 6. The molecule has 0 saturated carbocycles. The SMILES string of the molecule is NC(=O)C(OCC1c2ccccc2-c2ccccc21)c1ccc(C(=O)O)cc1. The van der Waals surface area contributed by atoms with E-state index in [0.29, 0.717) is 12.2 Å². The number of nitrogens with two attached hydrogens (primary N) is 1. The quantitative estimate of drug-likeness (QED) is 0.689. The van der Waals surface area contributed by atoms with Gasteiger partial charge < -0.3 is 15.6 Å². The van der Waals surface area contributed by atoms with E-state index < -0.39 is 18.0 Å². The van der Waals surface area contributed by atoms with E-state index in [-0.39, 0.29) is 11.5 Å². The minimum absolute atomic E-state index is 0.00698. The summed E-state index contributed by atoms with van der Waals surface area (Å²) in [7, 11) is 0. The second-order valence-corrected chi connectivity index (χ2v) is 6.77. The molecule has 4 rings (SSSR count). The Balaban J connectivity index is 1.60. The molecular weight excluding hydrogens is 354 g/mol. The Kier molecular flexibility index (Phi) is 4.67. The third-order valence-electron chi connectivity index (χ3n) is 5.11. The third-order valence-corrected chi connectivity index (χ3v) is 5.11. The molecule has 140 valence electrons. The molecule has 3 aromatic carbocycles. The molecule has 3 N–H and O–H groups in total. The lowest BCUT2D eigenvalue weighted by Crippen LogP contribution is -2.25. The van der Waals surface area contributed by atoms with Crippen molar-refractivity contribution in [3.8, 4) is 11.1 Å². The summed E-state index contributed by atoms with van der Waals surface area (Å²) in [5, 5.41) is 9.03. The number of carboxylic acids is 1. The monoisotopic (exact) mass is 373 g/mol. The van der Waals surface area contributed by atoms with Crippen LogP contribution in [0.15, 0.2) is 72.8 Å². The van der Waals surface area contributed by atoms with E-state index in [1.54, 1.807) is 12.1 Å². The van der Waals surface area contributed by atoms with Crippen LogP contribution in [0.25, 0.3) is 11.1 Å². The van der Waals surface area contributed by atoms with Crippen molar-refractivity contribution < 1.29 is 19.4 Å². The van der Waals surface area contributed by atoms with Crippen LogP contribution in [0.5, 0.6) is 0 Å². The predicted octanol–water partition coefficient (Wildman–Crippen LogP) is 3.74. The first-order valence-corrected chi connectivity index (χ1v) is 8.98. The Morgan fingerprint density at radius 2 is 1.43 bits per heavy atom. The number of hydrogen-bond donors (Lipinski definition) is 2. The maximum absolute atomic E-state index is 12.0. The van der Waals surface area contributed by atoms with Gasteiger partial charge in [0.2, 0.25) is 0 Å². The van der Waals surface area contributed by atoms with Gasteiger partial charge in [-0.25, -0.2) is 4.79 Å². The van der Waals surface area contributed by atoms with Crippen molar-refractivity contribution in [3.63, 3.8) is 0 Å². The zero-order chi connectivity index (χ0) is 19.7. The summed E-state index contributed by atoms with van der Waals surface area (Å²) >= 11 is 0. The van der Waals surface area contributed by atoms with Crippen LogP contribution < -0.4 is 5.73 Å². The molecule has 0 bridgehead atoms. The number of carbonyl (C=O) groups excluding carboxylic acids is 1. The number of primary amides is 1. The molecule has 5 nitrogen and oxygen atoms in total. The van der Waals surface area contributed by atoms with Gasteiger partial charge >= 0.3 is 5.97 Å². The number of hydrogen-bond acceptors (Lipinski definition) is 3. The summed E-state index contributed by atoms with van der Waals surface area (Å²) in [6.07, 6.45) is -0.942. The largest absolute Gasteiger partial charge is 0.478 e. The van der Waals surface area contributed by atoms with Gasteiger partial charge in [0.15, 0.2) is 6.10 Å². The molecule has 0 fully saturated rings. The standard InChI is InChI=1S/C23H19NO4/c24-22(25)21(14-9-11-15(12-10-14)23(26)27)28-13-20-18-7-3-1-5-16(18)17-6-2-4-8-19(17)20/h1-12,20-21H,13H2,(H2,24,25)(H,26,27). The van der Waals surface area contributed by atoms with Crippen molar-refractivity contribution >= 4 is 11.9 Å². The Morgan fingerprint density at radius 3 is 1.93 bits per heavy atom. The lowest BCUT2D eigenvalue weighted by Gasteiger charge is -2.19. The van der Waals surface area contributed by atoms with Crippen molar-refractivity contribution in [1.82, 2.24) is 0 Å². The van der Waals surface area contributed by atoms with Crippen LogP contribution in [0.1, 0.15) is 39.1 Å². The third kappa shape index (κ3) is 3.17. The lowest BCUT2D eigenvalue weighted by atomic mass is 9.98. The highest BCUT2D eigenvalue weighted by atomic mass is 16.5. The van der Waals surface area contributed by atoms with Crippen LogP contribution in [0.3, 0.4) is 0 Å². The van der Waals surface area contributed by atoms with E-state index in [4.69, 9.17) is 15.6 Å². The maximum atomic E-state index is 12.0. The van der Waals surface area contributed by atoms with Gasteiger partial charge in [-0.1, -0.05) is 60.7 Å². The summed E-state index contributed by atoms with van der Waals surface area (Å²) in [6, 6.07) is 22.3. The Labute approximate surface area is 162 Å². The van der Waals surface area contributed by atoms with E-state index in [1.165, 1.54) is 23.3 Å². The van der Waals surface area contributed by atoms with E-state index in [1.807, 2.05) is 24.3 Å². The number of carboxylic acid groups (broad SMARTS) is 1. The van der Waals surface area contributed by atoms with Crippen molar-refractivity contribution in [2.45, 2.75) is 12.0 Å². The number of carbonyl (C=O) groups is 2. The van der Waals surface area contributed by atoms with Crippen LogP contribution in [0.4, 0.5) is 0 Å². The molecule has 0 radical (unpaired) electrons. The summed E-state index contributed by atoms with van der Waals surface area (Å²) in [5.41, 5.74) is 10.9. The molecule has 0 spiro atoms. The first kappa shape index (κ1) is 17.9. The Hall–Kier alpha value is -3.44. The molecule has 1 unspecified atom stereocenters. The summed E-state index contributed by atoms with van der Waals surface area (Å²) in [5.74, 6) is -1.63. The van der Waals surface area contributed by atoms with E-state index >= 15 is 0 Å². The van der Waals surface area contributed by atoms with E-state index in [9.17, 15) is 9.59 Å². The van der Waals surface area contributed by atoms with Crippen molar-refractivity contribution in [2.24, 2.45) is 5.73 Å². The zero-order valence-corrected chi connectivity index (χ0v) is 15.0. The smallest absolute Gasteiger partial charge is 0.335 e. The predicted molar refractivity (Wildman–Crippen MR) is 105 cm³/mol. The minimum atomic E-state index is -1.03. The number of benzene rings is 3. The molecule has 1 amide bonds. The summed E-state index contributed by atoms with van der Waals surface area (Å²) in [6.45, 7) is 0.294. The van der Waals surface area contributed by atoms with Crippen LogP contribution in [-0.4, -0.2) is 23.6 Å². The molecule has 1 aliphatic rings. The van der Waals surface area contributed by atoms with Crippen molar-refractivity contribution in [1.29, 1.82) is 0 Å². The fourth-order valence-electron chi connectivity index (χ4n) is 3.77. The lowest BCUT2D eigenvalue weighted by molar-refractivity contribution is -0.130. The highest BCUT2D eigenvalue weighted by Crippen LogP contribution is 2.44. The van der Waals surface area contributed by atoms with Gasteiger partial charge in [-0.3, -0.25) is 4.79 Å². The summed E-state index contributed by atoms with van der Waals surface area (Å²) in [4.78, 5) is 23.0. The highest BCUT2D eigenvalue weighted by molar-refractivity contribution is 5.88. The molecule has 1 atom stereocenters. The van der Waals surface area contributed by atoms with Gasteiger partial charge in [0.1, 0.15) is 0 Å². The Bertz CT molecular complexity index is 997. The van der Waals surface area contributed by atoms with Gasteiger partial charge in [-0.15, -0.1) is 0 Å². The van der Waals surface area contributed by atoms with Gasteiger partial charge in [0, 0.05) is 5.92 Å². The number of amides is 1. The average Bonchev–Trinajstić information content (AvgIpc) is 3.02. The van der Waals surface area contributed by atoms with Crippen LogP contribution in [-0.2, 0) is 9.53 Å². The first-order valence-electron chi connectivity index (χ1n) is 8.98. The van der Waals surface area contributed by atoms with Crippen molar-refractivity contribution in [3.05, 3.63) is 95.1 Å². The molecule has 5 heteroatoms. The number of ether oxygens (including phenoxy) is 1. The van der Waals surface area contributed by atoms with Gasteiger partial charge in [0.25, 0.3) is 5.91 Å². The molecule has 0 aromatic heterocycles. The van der Waals surface area contributed by atoms with E-state index in [2.05, 4.69) is 24.3 Å². The second kappa shape index (κ2) is 7.29. The van der Waals surface area contributed by atoms with Crippen molar-refractivity contribution in [2.75, 3.05) is 6.61 Å². The van der Waals surface area contributed by atoms with E-state index in [0.717, 1.165) is 11.1 Å². The molecule has 0 aliphatic heterocycles. The second-order valence-electron chi connectivity index (χ2n) is 6.77. The molecule has 0 saturated heterocycles. The molecule has 1 aliphatic carbocycles. The van der Waals surface area contributed by atoms with Gasteiger partial charge in [0.05, 0.1) is 12.2 Å². The summed E-state index contributed by atoms with van der Waals surface area (Å²) < 4.78 is 5.97. The van der Waals surface area contributed by atoms with Crippen LogP contribution >= 0.6 is 0 Å². The van der Waals surface area contributed by atoms with Crippen LogP contribution in [0, 0.1) is 0 Å². The molecular formula is C23H19NO4. The topological polar surface area (TPSA) is 89.6 Å². The Morgan fingerprint density at radius 1 is 0.893 bits per heavy atom. The van der Waals surface area contributed by atoms with Crippen LogP contribution in [0.2, 0.25) is 0 Å². The molecule has 0 heterocycles. The minimum Gasteiger partial charge on any atom is -0.478 e. The fourth-order valence-corrected chi connectivity index (χ4v) is 3.77. The zero-order valence-electron chi connectivity index (χ0n) is 15.0. The first-order chi connectivity index (χ1) is 13.6. The maximum Gasteiger partial charge on any atom is 0.335 e. The molecule has 3 aromatic rings.